The topological polar surface area (TPSA) is 40.5 Å². The van der Waals surface area contributed by atoms with Gasteiger partial charge in [-0.2, -0.15) is 0 Å². The average molecular weight is 275 g/mol. The van der Waals surface area contributed by atoms with Crippen LogP contribution in [0, 0.1) is 0 Å². The molecule has 0 aliphatic carbocycles. The number of carboxylic acid groups (broad SMARTS) is 1. The molecule has 3 heteroatoms. The molecule has 1 aliphatic heterocycles. The molecule has 0 radical (unpaired) electrons. The lowest BCUT2D eigenvalue weighted by Crippen LogP contribution is -2.21. The number of unbranched alkanes of at least 4 members (excludes halogenated alkanes) is 5. The van der Waals surface area contributed by atoms with Gasteiger partial charge in [-0.15, -0.1) is 0 Å². The molecule has 0 atom stereocenters. The van der Waals surface area contributed by atoms with Crippen LogP contribution in [0.5, 0.6) is 0 Å². The molecule has 0 aromatic heterocycles. The Bertz CT molecular complexity index is 456. The molecule has 1 aromatic carbocycles. The van der Waals surface area contributed by atoms with Crippen LogP contribution in [-0.2, 0) is 6.42 Å². The molecule has 20 heavy (non-hydrogen) atoms. The number of aromatic carboxylic acids is 1. The molecule has 0 amide bonds. The summed E-state index contributed by atoms with van der Waals surface area (Å²) < 4.78 is 0. The van der Waals surface area contributed by atoms with Gasteiger partial charge in [0.25, 0.3) is 0 Å². The summed E-state index contributed by atoms with van der Waals surface area (Å²) in [5, 5.41) is 9.01. The molecule has 1 N–H and O–H groups in total. The highest BCUT2D eigenvalue weighted by molar-refractivity contribution is 5.88. The first kappa shape index (κ1) is 14.9. The fourth-order valence-corrected chi connectivity index (χ4v) is 2.92. The molecule has 2 rings (SSSR count). The second-order valence-corrected chi connectivity index (χ2v) is 5.65. The summed E-state index contributed by atoms with van der Waals surface area (Å²) in [6.45, 7) is 4.38. The van der Waals surface area contributed by atoms with Crippen molar-refractivity contribution in [2.45, 2.75) is 51.9 Å². The Morgan fingerprint density at radius 1 is 1.20 bits per heavy atom. The highest BCUT2D eigenvalue weighted by atomic mass is 16.4. The first-order valence-electron chi connectivity index (χ1n) is 7.83. The van der Waals surface area contributed by atoms with E-state index in [4.69, 9.17) is 5.11 Å². The Kier molecular flexibility index (Phi) is 5.45. The standard InChI is InChI=1S/C17H25NO2/c1-2-3-4-5-6-7-11-18-12-10-14-13-15(17(19)20)8-9-16(14)18/h8-9,13H,2-7,10-12H2,1H3,(H,19,20). The first-order chi connectivity index (χ1) is 9.72. The molecule has 0 bridgehead atoms. The van der Waals surface area contributed by atoms with Crippen LogP contribution in [0.1, 0.15) is 61.4 Å². The van der Waals surface area contributed by atoms with E-state index in [1.54, 1.807) is 6.07 Å². The third kappa shape index (κ3) is 3.75. The zero-order chi connectivity index (χ0) is 14.4. The molecule has 0 spiro atoms. The summed E-state index contributed by atoms with van der Waals surface area (Å²) in [5.41, 5.74) is 2.84. The maximum Gasteiger partial charge on any atom is 0.335 e. The fourth-order valence-electron chi connectivity index (χ4n) is 2.92. The minimum atomic E-state index is -0.831. The molecule has 1 heterocycles. The molecule has 110 valence electrons. The summed E-state index contributed by atoms with van der Waals surface area (Å²) >= 11 is 0. The van der Waals surface area contributed by atoms with Gasteiger partial charge in [-0.3, -0.25) is 0 Å². The predicted molar refractivity (Wildman–Crippen MR) is 82.7 cm³/mol. The van der Waals surface area contributed by atoms with Crippen molar-refractivity contribution in [3.05, 3.63) is 29.3 Å². The molecule has 3 nitrogen and oxygen atoms in total. The van der Waals surface area contributed by atoms with Crippen LogP contribution in [0.15, 0.2) is 18.2 Å². The van der Waals surface area contributed by atoms with E-state index in [0.717, 1.165) is 19.5 Å². The molecule has 0 saturated heterocycles. The van der Waals surface area contributed by atoms with E-state index in [2.05, 4.69) is 11.8 Å². The van der Waals surface area contributed by atoms with E-state index in [-0.39, 0.29) is 0 Å². The van der Waals surface area contributed by atoms with Gasteiger partial charge in [-0.05, 0) is 36.6 Å². The van der Waals surface area contributed by atoms with E-state index in [0.29, 0.717) is 5.56 Å². The van der Waals surface area contributed by atoms with E-state index in [1.165, 1.54) is 49.8 Å². The van der Waals surface area contributed by atoms with Crippen molar-refractivity contribution in [1.82, 2.24) is 0 Å². The second-order valence-electron chi connectivity index (χ2n) is 5.65. The quantitative estimate of drug-likeness (QED) is 0.726. The number of hydrogen-bond acceptors (Lipinski definition) is 2. The lowest BCUT2D eigenvalue weighted by atomic mass is 10.1. The van der Waals surface area contributed by atoms with E-state index in [9.17, 15) is 4.79 Å². The molecular formula is C17H25NO2. The Morgan fingerprint density at radius 2 is 1.95 bits per heavy atom. The van der Waals surface area contributed by atoms with E-state index >= 15 is 0 Å². The second kappa shape index (κ2) is 7.32. The van der Waals surface area contributed by atoms with Crippen LogP contribution in [-0.4, -0.2) is 24.2 Å². The Morgan fingerprint density at radius 3 is 2.70 bits per heavy atom. The van der Waals surface area contributed by atoms with Gasteiger partial charge < -0.3 is 10.0 Å². The molecule has 0 unspecified atom stereocenters. The summed E-state index contributed by atoms with van der Waals surface area (Å²) in [7, 11) is 0. The number of nitrogens with zero attached hydrogens (tertiary/aromatic N) is 1. The zero-order valence-electron chi connectivity index (χ0n) is 12.4. The van der Waals surface area contributed by atoms with Gasteiger partial charge in [0.1, 0.15) is 0 Å². The molecule has 0 fully saturated rings. The predicted octanol–water partition coefficient (Wildman–Crippen LogP) is 4.11. The highest BCUT2D eigenvalue weighted by Crippen LogP contribution is 2.29. The van der Waals surface area contributed by atoms with Crippen LogP contribution < -0.4 is 4.90 Å². The minimum Gasteiger partial charge on any atom is -0.478 e. The van der Waals surface area contributed by atoms with Crippen molar-refractivity contribution >= 4 is 11.7 Å². The third-order valence-corrected chi connectivity index (χ3v) is 4.10. The first-order valence-corrected chi connectivity index (χ1v) is 7.83. The van der Waals surface area contributed by atoms with Crippen LogP contribution in [0.2, 0.25) is 0 Å². The maximum absolute atomic E-state index is 11.0. The van der Waals surface area contributed by atoms with Crippen molar-refractivity contribution in [1.29, 1.82) is 0 Å². The monoisotopic (exact) mass is 275 g/mol. The van der Waals surface area contributed by atoms with Crippen LogP contribution in [0.3, 0.4) is 0 Å². The van der Waals surface area contributed by atoms with Gasteiger partial charge in [0.05, 0.1) is 5.56 Å². The number of hydrogen-bond donors (Lipinski definition) is 1. The Hall–Kier alpha value is -1.51. The van der Waals surface area contributed by atoms with Crippen molar-refractivity contribution < 1.29 is 9.90 Å². The minimum absolute atomic E-state index is 0.408. The van der Waals surface area contributed by atoms with Crippen molar-refractivity contribution in [3.8, 4) is 0 Å². The number of anilines is 1. The fraction of sp³-hybridized carbons (Fsp3) is 0.588. The largest absolute Gasteiger partial charge is 0.478 e. The normalized spacial score (nSPS) is 13.6. The van der Waals surface area contributed by atoms with Gasteiger partial charge in [0.2, 0.25) is 0 Å². The summed E-state index contributed by atoms with van der Waals surface area (Å²) in [6, 6.07) is 5.53. The lowest BCUT2D eigenvalue weighted by molar-refractivity contribution is 0.0697. The third-order valence-electron chi connectivity index (χ3n) is 4.10. The van der Waals surface area contributed by atoms with Crippen LogP contribution >= 0.6 is 0 Å². The molecule has 0 saturated carbocycles. The lowest BCUT2D eigenvalue weighted by Gasteiger charge is -2.19. The Labute approximate surface area is 121 Å². The SMILES string of the molecule is CCCCCCCCN1CCc2cc(C(=O)O)ccc21. The van der Waals surface area contributed by atoms with Gasteiger partial charge in [-0.1, -0.05) is 39.0 Å². The van der Waals surface area contributed by atoms with Gasteiger partial charge in [-0.25, -0.2) is 4.79 Å². The van der Waals surface area contributed by atoms with Crippen molar-refractivity contribution in [2.24, 2.45) is 0 Å². The number of carbonyl (C=O) groups is 1. The molecular weight excluding hydrogens is 250 g/mol. The van der Waals surface area contributed by atoms with E-state index < -0.39 is 5.97 Å². The number of rotatable bonds is 8. The number of fused-ring (bicyclic) bond motifs is 1. The molecule has 1 aliphatic rings. The van der Waals surface area contributed by atoms with Gasteiger partial charge in [0.15, 0.2) is 0 Å². The molecule has 1 aromatic rings. The van der Waals surface area contributed by atoms with Gasteiger partial charge in [0, 0.05) is 18.8 Å². The van der Waals surface area contributed by atoms with E-state index in [1.807, 2.05) is 12.1 Å². The Balaban J connectivity index is 1.81. The maximum atomic E-state index is 11.0. The average Bonchev–Trinajstić information content (AvgIpc) is 2.85. The van der Waals surface area contributed by atoms with Crippen LogP contribution in [0.25, 0.3) is 0 Å². The highest BCUT2D eigenvalue weighted by Gasteiger charge is 2.19. The number of benzene rings is 1. The zero-order valence-corrected chi connectivity index (χ0v) is 12.4. The van der Waals surface area contributed by atoms with Crippen LogP contribution in [0.4, 0.5) is 5.69 Å². The van der Waals surface area contributed by atoms with Gasteiger partial charge >= 0.3 is 5.97 Å². The van der Waals surface area contributed by atoms with Crippen molar-refractivity contribution in [3.63, 3.8) is 0 Å². The number of carboxylic acids is 1. The summed E-state index contributed by atoms with van der Waals surface area (Å²) in [5.74, 6) is -0.831. The van der Waals surface area contributed by atoms with Crippen molar-refractivity contribution in [2.75, 3.05) is 18.0 Å². The summed E-state index contributed by atoms with van der Waals surface area (Å²) in [4.78, 5) is 13.4. The smallest absolute Gasteiger partial charge is 0.335 e. The summed E-state index contributed by atoms with van der Waals surface area (Å²) in [6.07, 6.45) is 8.87.